The molecule has 1 aromatic carbocycles. The molecule has 1 aliphatic rings. The molecule has 6 heteroatoms. The summed E-state index contributed by atoms with van der Waals surface area (Å²) in [5.41, 5.74) is 2.36. The first kappa shape index (κ1) is 19.7. The molecule has 3 heterocycles. The molecule has 0 saturated carbocycles. The molecule has 1 unspecified atom stereocenters. The first-order chi connectivity index (χ1) is 14.2. The van der Waals surface area contributed by atoms with Gasteiger partial charge in [-0.2, -0.15) is 0 Å². The predicted octanol–water partition coefficient (Wildman–Crippen LogP) is 4.29. The highest BCUT2D eigenvalue weighted by Crippen LogP contribution is 2.29. The van der Waals surface area contributed by atoms with E-state index < -0.39 is 0 Å². The van der Waals surface area contributed by atoms with E-state index in [-0.39, 0.29) is 11.9 Å². The van der Waals surface area contributed by atoms with Crippen LogP contribution in [0.4, 0.5) is 0 Å². The highest BCUT2D eigenvalue weighted by molar-refractivity contribution is 7.10. The summed E-state index contributed by atoms with van der Waals surface area (Å²) in [7, 11) is 0. The van der Waals surface area contributed by atoms with Crippen LogP contribution in [-0.4, -0.2) is 40.4 Å². The van der Waals surface area contributed by atoms with Crippen molar-refractivity contribution in [2.45, 2.75) is 25.8 Å². The van der Waals surface area contributed by atoms with E-state index >= 15 is 0 Å². The molecule has 1 amide bonds. The van der Waals surface area contributed by atoms with E-state index in [4.69, 9.17) is 0 Å². The Kier molecular flexibility index (Phi) is 6.32. The van der Waals surface area contributed by atoms with Gasteiger partial charge in [-0.3, -0.25) is 14.7 Å². The SMILES string of the molecule is CC1CCN(C(CNC(=O)/C=C/c2cnc3ccccc3n2)c2cccs2)CC1. The van der Waals surface area contributed by atoms with Crippen LogP contribution in [0.2, 0.25) is 0 Å². The maximum absolute atomic E-state index is 12.4. The van der Waals surface area contributed by atoms with E-state index in [0.29, 0.717) is 12.2 Å². The van der Waals surface area contributed by atoms with Crippen LogP contribution < -0.4 is 5.32 Å². The number of hydrogen-bond donors (Lipinski definition) is 1. The molecule has 5 nitrogen and oxygen atoms in total. The second kappa shape index (κ2) is 9.29. The molecular formula is C23H26N4OS. The van der Waals surface area contributed by atoms with Crippen LogP contribution in [0.25, 0.3) is 17.1 Å². The summed E-state index contributed by atoms with van der Waals surface area (Å²) in [5, 5.41) is 5.18. The largest absolute Gasteiger partial charge is 0.351 e. The second-order valence-electron chi connectivity index (χ2n) is 7.61. The normalized spacial score (nSPS) is 17.0. The van der Waals surface area contributed by atoms with Crippen molar-refractivity contribution in [2.24, 2.45) is 5.92 Å². The summed E-state index contributed by atoms with van der Waals surface area (Å²) in [4.78, 5) is 25.2. The number of fused-ring (bicyclic) bond motifs is 1. The molecule has 150 valence electrons. The molecule has 1 fully saturated rings. The predicted molar refractivity (Wildman–Crippen MR) is 119 cm³/mol. The number of carbonyl (C=O) groups is 1. The lowest BCUT2D eigenvalue weighted by Gasteiger charge is -2.36. The average Bonchev–Trinajstić information content (AvgIpc) is 3.28. The number of para-hydroxylation sites is 2. The Morgan fingerprint density at radius 3 is 2.79 bits per heavy atom. The van der Waals surface area contributed by atoms with Gasteiger partial charge in [-0.25, -0.2) is 4.98 Å². The van der Waals surface area contributed by atoms with Crippen LogP contribution in [0.15, 0.2) is 54.1 Å². The Hall–Kier alpha value is -2.57. The number of nitrogens with one attached hydrogen (secondary N) is 1. The van der Waals surface area contributed by atoms with Gasteiger partial charge in [-0.15, -0.1) is 11.3 Å². The highest BCUT2D eigenvalue weighted by atomic mass is 32.1. The highest BCUT2D eigenvalue weighted by Gasteiger charge is 2.25. The van der Waals surface area contributed by atoms with Crippen LogP contribution in [-0.2, 0) is 4.79 Å². The van der Waals surface area contributed by atoms with Crippen molar-refractivity contribution >= 4 is 34.4 Å². The van der Waals surface area contributed by atoms with Gasteiger partial charge in [0.1, 0.15) is 0 Å². The molecule has 4 rings (SSSR count). The number of rotatable bonds is 6. The number of benzene rings is 1. The molecule has 0 spiro atoms. The van der Waals surface area contributed by atoms with Crippen molar-refractivity contribution in [2.75, 3.05) is 19.6 Å². The third kappa shape index (κ3) is 5.08. The summed E-state index contributed by atoms with van der Waals surface area (Å²) in [6.45, 7) is 5.10. The summed E-state index contributed by atoms with van der Waals surface area (Å²) < 4.78 is 0. The van der Waals surface area contributed by atoms with Crippen LogP contribution in [0.3, 0.4) is 0 Å². The lowest BCUT2D eigenvalue weighted by atomic mass is 9.97. The van der Waals surface area contributed by atoms with Crippen molar-refractivity contribution in [3.63, 3.8) is 0 Å². The van der Waals surface area contributed by atoms with Crippen molar-refractivity contribution in [1.82, 2.24) is 20.2 Å². The number of aromatic nitrogens is 2. The number of likely N-dealkylation sites (tertiary alicyclic amines) is 1. The smallest absolute Gasteiger partial charge is 0.244 e. The summed E-state index contributed by atoms with van der Waals surface area (Å²) in [5.74, 6) is 0.683. The topological polar surface area (TPSA) is 58.1 Å². The summed E-state index contributed by atoms with van der Waals surface area (Å²) in [6, 6.07) is 12.2. The van der Waals surface area contributed by atoms with E-state index in [2.05, 4.69) is 44.6 Å². The number of carbonyl (C=O) groups excluding carboxylic acids is 1. The van der Waals surface area contributed by atoms with Crippen molar-refractivity contribution in [1.29, 1.82) is 0 Å². The maximum atomic E-state index is 12.4. The second-order valence-corrected chi connectivity index (χ2v) is 8.59. The lowest BCUT2D eigenvalue weighted by Crippen LogP contribution is -2.41. The van der Waals surface area contributed by atoms with E-state index in [0.717, 1.165) is 30.0 Å². The molecule has 1 N–H and O–H groups in total. The van der Waals surface area contributed by atoms with Gasteiger partial charge >= 0.3 is 0 Å². The van der Waals surface area contributed by atoms with Crippen LogP contribution in [0.1, 0.15) is 36.4 Å². The molecule has 0 radical (unpaired) electrons. The molecule has 29 heavy (non-hydrogen) atoms. The van der Waals surface area contributed by atoms with Crippen molar-refractivity contribution in [3.8, 4) is 0 Å². The van der Waals surface area contributed by atoms with Gasteiger partial charge in [-0.05, 0) is 61.5 Å². The molecule has 1 aliphatic heterocycles. The monoisotopic (exact) mass is 406 g/mol. The fourth-order valence-corrected chi connectivity index (χ4v) is 4.56. The Morgan fingerprint density at radius 1 is 1.24 bits per heavy atom. The Bertz CT molecular complexity index is 977. The minimum Gasteiger partial charge on any atom is -0.351 e. The van der Waals surface area contributed by atoms with Crippen LogP contribution in [0, 0.1) is 5.92 Å². The van der Waals surface area contributed by atoms with E-state index in [1.165, 1.54) is 17.7 Å². The van der Waals surface area contributed by atoms with Gasteiger partial charge in [0, 0.05) is 17.5 Å². The molecule has 1 atom stereocenters. The molecule has 1 saturated heterocycles. The van der Waals surface area contributed by atoms with E-state index in [1.54, 1.807) is 29.7 Å². The minimum atomic E-state index is -0.105. The minimum absolute atomic E-state index is 0.105. The molecule has 0 aliphatic carbocycles. The van der Waals surface area contributed by atoms with E-state index in [1.807, 2.05) is 24.3 Å². The molecular weight excluding hydrogens is 380 g/mol. The van der Waals surface area contributed by atoms with Crippen molar-refractivity contribution < 1.29 is 4.79 Å². The van der Waals surface area contributed by atoms with Crippen LogP contribution >= 0.6 is 11.3 Å². The quantitative estimate of drug-likeness (QED) is 0.620. The fraction of sp³-hybridized carbons (Fsp3) is 0.348. The average molecular weight is 407 g/mol. The zero-order chi connectivity index (χ0) is 20.1. The number of nitrogens with zero attached hydrogens (tertiary/aromatic N) is 3. The van der Waals surface area contributed by atoms with Gasteiger partial charge in [0.05, 0.1) is 29.0 Å². The molecule has 0 bridgehead atoms. The first-order valence-electron chi connectivity index (χ1n) is 10.1. The number of piperidine rings is 1. The standard InChI is InChI=1S/C23H26N4OS/c1-17-10-12-27(13-11-17)21(22-7-4-14-29-22)16-25-23(28)9-8-18-15-24-19-5-2-3-6-20(19)26-18/h2-9,14-15,17,21H,10-13,16H2,1H3,(H,25,28)/b9-8+. The van der Waals surface area contributed by atoms with E-state index in [9.17, 15) is 4.79 Å². The number of amides is 1. The van der Waals surface area contributed by atoms with Gasteiger partial charge in [-0.1, -0.05) is 25.1 Å². The summed E-state index contributed by atoms with van der Waals surface area (Å²) >= 11 is 1.76. The maximum Gasteiger partial charge on any atom is 0.244 e. The van der Waals surface area contributed by atoms with Gasteiger partial charge in [0.2, 0.25) is 5.91 Å². The number of thiophene rings is 1. The third-order valence-electron chi connectivity index (χ3n) is 5.47. The zero-order valence-electron chi connectivity index (χ0n) is 16.6. The Morgan fingerprint density at radius 2 is 2.03 bits per heavy atom. The third-order valence-corrected chi connectivity index (χ3v) is 6.45. The van der Waals surface area contributed by atoms with Gasteiger partial charge < -0.3 is 5.32 Å². The Balaban J connectivity index is 1.38. The van der Waals surface area contributed by atoms with Crippen molar-refractivity contribution in [3.05, 3.63) is 64.6 Å². The first-order valence-corrected chi connectivity index (χ1v) is 11.0. The fourth-order valence-electron chi connectivity index (χ4n) is 3.70. The zero-order valence-corrected chi connectivity index (χ0v) is 17.4. The van der Waals surface area contributed by atoms with Gasteiger partial charge in [0.15, 0.2) is 0 Å². The molecule has 3 aromatic rings. The lowest BCUT2D eigenvalue weighted by molar-refractivity contribution is -0.116. The van der Waals surface area contributed by atoms with Gasteiger partial charge in [0.25, 0.3) is 0 Å². The number of hydrogen-bond acceptors (Lipinski definition) is 5. The molecule has 2 aromatic heterocycles. The van der Waals surface area contributed by atoms with Crippen LogP contribution in [0.5, 0.6) is 0 Å². The summed E-state index contributed by atoms with van der Waals surface area (Å²) in [6.07, 6.45) is 7.39. The Labute approximate surface area is 175 Å².